The lowest BCUT2D eigenvalue weighted by atomic mass is 10.2. The van der Waals surface area contributed by atoms with Crippen molar-refractivity contribution in [1.29, 1.82) is 0 Å². The first-order valence-corrected chi connectivity index (χ1v) is 10.8. The molecule has 0 aliphatic rings. The fourth-order valence-electron chi connectivity index (χ4n) is 2.89. The van der Waals surface area contributed by atoms with Gasteiger partial charge in [0.25, 0.3) is 11.8 Å². The zero-order valence-electron chi connectivity index (χ0n) is 19.1. The topological polar surface area (TPSA) is 123 Å². The molecule has 180 valence electrons. The molecule has 0 aliphatic heterocycles. The molecule has 3 aromatic carbocycles. The van der Waals surface area contributed by atoms with Crippen molar-refractivity contribution in [3.63, 3.8) is 0 Å². The Balaban J connectivity index is 1.33. The molecule has 9 heteroatoms. The molecule has 0 unspecified atom stereocenters. The van der Waals surface area contributed by atoms with E-state index in [1.807, 2.05) is 31.2 Å². The van der Waals surface area contributed by atoms with E-state index in [0.29, 0.717) is 17.0 Å². The molecule has 0 fully saturated rings. The summed E-state index contributed by atoms with van der Waals surface area (Å²) in [5.41, 5.74) is 6.29. The number of hydrogen-bond acceptors (Lipinski definition) is 6. The lowest BCUT2D eigenvalue weighted by Crippen LogP contribution is -2.43. The van der Waals surface area contributed by atoms with Gasteiger partial charge in [-0.2, -0.15) is 0 Å². The summed E-state index contributed by atoms with van der Waals surface area (Å²) in [6, 6.07) is 22.8. The fraction of sp³-hybridized carbons (Fsp3) is 0.154. The van der Waals surface area contributed by atoms with Crippen LogP contribution < -0.4 is 20.9 Å². The first kappa shape index (κ1) is 25.0. The van der Waals surface area contributed by atoms with Crippen molar-refractivity contribution in [2.75, 3.05) is 11.9 Å². The molecule has 0 saturated heterocycles. The number of hydrogen-bond donors (Lipinski definition) is 3. The van der Waals surface area contributed by atoms with Crippen LogP contribution in [0, 0.1) is 6.92 Å². The molecule has 0 spiro atoms. The molecule has 0 radical (unpaired) electrons. The standard InChI is InChI=1S/C26H25N3O6/c1-18-7-5-6-10-22(18)35-21-13-11-20(12-14-21)27-23(30)15-16-25(32)34-17-24(31)28-29-26(33)19-8-3-2-4-9-19/h2-14H,15-17H2,1H3,(H,27,30)(H,28,31)(H,29,33). The summed E-state index contributed by atoms with van der Waals surface area (Å²) in [4.78, 5) is 47.5. The van der Waals surface area contributed by atoms with Crippen molar-refractivity contribution in [2.45, 2.75) is 19.8 Å². The van der Waals surface area contributed by atoms with Crippen molar-refractivity contribution < 1.29 is 28.7 Å². The number of amides is 3. The van der Waals surface area contributed by atoms with Gasteiger partial charge in [0.15, 0.2) is 6.61 Å². The van der Waals surface area contributed by atoms with Gasteiger partial charge in [-0.25, -0.2) is 0 Å². The molecule has 0 aliphatic carbocycles. The number of carbonyl (C=O) groups excluding carboxylic acids is 4. The summed E-state index contributed by atoms with van der Waals surface area (Å²) in [6.07, 6.45) is -0.323. The number of rotatable bonds is 9. The minimum Gasteiger partial charge on any atom is -0.457 e. The average Bonchev–Trinajstić information content (AvgIpc) is 2.87. The van der Waals surface area contributed by atoms with Crippen LogP contribution in [0.15, 0.2) is 78.9 Å². The molecule has 0 aromatic heterocycles. The first-order chi connectivity index (χ1) is 16.9. The fourth-order valence-corrected chi connectivity index (χ4v) is 2.89. The van der Waals surface area contributed by atoms with Crippen LogP contribution in [0.5, 0.6) is 11.5 Å². The third kappa shape index (κ3) is 8.32. The number of nitrogens with one attached hydrogen (secondary N) is 3. The van der Waals surface area contributed by atoms with E-state index >= 15 is 0 Å². The van der Waals surface area contributed by atoms with Crippen LogP contribution in [0.25, 0.3) is 0 Å². The van der Waals surface area contributed by atoms with Gasteiger partial charge < -0.3 is 14.8 Å². The molecular weight excluding hydrogens is 450 g/mol. The van der Waals surface area contributed by atoms with Gasteiger partial charge in [-0.05, 0) is 55.0 Å². The quantitative estimate of drug-likeness (QED) is 0.322. The largest absolute Gasteiger partial charge is 0.457 e. The van der Waals surface area contributed by atoms with Gasteiger partial charge in [-0.1, -0.05) is 36.4 Å². The van der Waals surface area contributed by atoms with E-state index in [0.717, 1.165) is 11.3 Å². The number of ether oxygens (including phenoxy) is 2. The zero-order valence-corrected chi connectivity index (χ0v) is 19.1. The summed E-state index contributed by atoms with van der Waals surface area (Å²) in [7, 11) is 0. The Bertz CT molecular complexity index is 1180. The molecule has 9 nitrogen and oxygen atoms in total. The first-order valence-electron chi connectivity index (χ1n) is 10.8. The maximum atomic E-state index is 12.1. The van der Waals surface area contributed by atoms with Crippen molar-refractivity contribution in [3.8, 4) is 11.5 Å². The SMILES string of the molecule is Cc1ccccc1Oc1ccc(NC(=O)CCC(=O)OCC(=O)NNC(=O)c2ccccc2)cc1. The van der Waals surface area contributed by atoms with Crippen LogP contribution in [0.1, 0.15) is 28.8 Å². The normalized spacial score (nSPS) is 10.1. The third-order valence-corrected chi connectivity index (χ3v) is 4.73. The van der Waals surface area contributed by atoms with Gasteiger partial charge in [0.2, 0.25) is 5.91 Å². The molecule has 0 atom stereocenters. The van der Waals surface area contributed by atoms with E-state index in [2.05, 4.69) is 16.2 Å². The molecule has 0 bridgehead atoms. The highest BCUT2D eigenvalue weighted by molar-refractivity contribution is 5.95. The number of para-hydroxylation sites is 1. The number of aryl methyl sites for hydroxylation is 1. The Hall–Kier alpha value is -4.66. The smallest absolute Gasteiger partial charge is 0.306 e. The predicted octanol–water partition coefficient (Wildman–Crippen LogP) is 3.51. The Labute approximate surface area is 202 Å². The van der Waals surface area contributed by atoms with Crippen molar-refractivity contribution in [2.24, 2.45) is 0 Å². The second-order valence-corrected chi connectivity index (χ2v) is 7.47. The van der Waals surface area contributed by atoms with Gasteiger partial charge in [0.1, 0.15) is 11.5 Å². The van der Waals surface area contributed by atoms with E-state index in [1.165, 1.54) is 0 Å². The van der Waals surface area contributed by atoms with Gasteiger partial charge in [0, 0.05) is 17.7 Å². The molecule has 3 amide bonds. The molecule has 3 aromatic rings. The number of benzene rings is 3. The number of esters is 1. The van der Waals surface area contributed by atoms with Gasteiger partial charge in [-0.15, -0.1) is 0 Å². The number of anilines is 1. The van der Waals surface area contributed by atoms with Gasteiger partial charge >= 0.3 is 5.97 Å². The van der Waals surface area contributed by atoms with E-state index < -0.39 is 24.4 Å². The summed E-state index contributed by atoms with van der Waals surface area (Å²) in [5.74, 6) is -0.938. The van der Waals surface area contributed by atoms with Crippen molar-refractivity contribution >= 4 is 29.4 Å². The second kappa shape index (κ2) is 12.5. The van der Waals surface area contributed by atoms with Crippen molar-refractivity contribution in [1.82, 2.24) is 10.9 Å². The summed E-state index contributed by atoms with van der Waals surface area (Å²) >= 11 is 0. The minimum absolute atomic E-state index is 0.118. The van der Waals surface area contributed by atoms with E-state index in [4.69, 9.17) is 9.47 Å². The van der Waals surface area contributed by atoms with Crippen LogP contribution in [0.4, 0.5) is 5.69 Å². The summed E-state index contributed by atoms with van der Waals surface area (Å²) in [5, 5.41) is 2.68. The second-order valence-electron chi connectivity index (χ2n) is 7.47. The lowest BCUT2D eigenvalue weighted by Gasteiger charge is -2.10. The maximum Gasteiger partial charge on any atom is 0.306 e. The monoisotopic (exact) mass is 475 g/mol. The Morgan fingerprint density at radius 1 is 0.743 bits per heavy atom. The van der Waals surface area contributed by atoms with Gasteiger partial charge in [0.05, 0.1) is 6.42 Å². The third-order valence-electron chi connectivity index (χ3n) is 4.73. The molecule has 3 N–H and O–H groups in total. The van der Waals surface area contributed by atoms with Crippen LogP contribution >= 0.6 is 0 Å². The van der Waals surface area contributed by atoms with E-state index in [9.17, 15) is 19.2 Å². The highest BCUT2D eigenvalue weighted by Gasteiger charge is 2.12. The maximum absolute atomic E-state index is 12.1. The summed E-state index contributed by atoms with van der Waals surface area (Å²) in [6.45, 7) is 1.36. The highest BCUT2D eigenvalue weighted by Crippen LogP contribution is 2.25. The predicted molar refractivity (Wildman–Crippen MR) is 129 cm³/mol. The number of hydrazine groups is 1. The Kier molecular flexibility index (Phi) is 8.95. The van der Waals surface area contributed by atoms with Gasteiger partial charge in [-0.3, -0.25) is 30.0 Å². The Morgan fingerprint density at radius 2 is 1.43 bits per heavy atom. The van der Waals surface area contributed by atoms with Crippen LogP contribution in [0.2, 0.25) is 0 Å². The number of carbonyl (C=O) groups is 4. The van der Waals surface area contributed by atoms with E-state index in [1.54, 1.807) is 54.6 Å². The van der Waals surface area contributed by atoms with Crippen LogP contribution in [0.3, 0.4) is 0 Å². The molecule has 3 rings (SSSR count). The minimum atomic E-state index is -0.716. The van der Waals surface area contributed by atoms with Crippen LogP contribution in [-0.2, 0) is 19.1 Å². The molecule has 0 saturated carbocycles. The molecule has 0 heterocycles. The molecular formula is C26H25N3O6. The Morgan fingerprint density at radius 3 is 2.14 bits per heavy atom. The van der Waals surface area contributed by atoms with Crippen LogP contribution in [-0.4, -0.2) is 30.3 Å². The molecule has 35 heavy (non-hydrogen) atoms. The highest BCUT2D eigenvalue weighted by atomic mass is 16.5. The van der Waals surface area contributed by atoms with Crippen molar-refractivity contribution in [3.05, 3.63) is 90.0 Å². The van der Waals surface area contributed by atoms with E-state index in [-0.39, 0.29) is 18.7 Å². The lowest BCUT2D eigenvalue weighted by molar-refractivity contribution is -0.149. The average molecular weight is 476 g/mol. The zero-order chi connectivity index (χ0) is 25.0. The summed E-state index contributed by atoms with van der Waals surface area (Å²) < 4.78 is 10.6.